The van der Waals surface area contributed by atoms with Crippen molar-refractivity contribution in [3.05, 3.63) is 58.5 Å². The first kappa shape index (κ1) is 16.2. The number of halogens is 2. The molecule has 0 spiro atoms. The van der Waals surface area contributed by atoms with Gasteiger partial charge in [0.05, 0.1) is 12.2 Å². The van der Waals surface area contributed by atoms with Gasteiger partial charge in [0.15, 0.2) is 0 Å². The summed E-state index contributed by atoms with van der Waals surface area (Å²) in [5.41, 5.74) is 1.29. The van der Waals surface area contributed by atoms with Crippen molar-refractivity contribution in [2.24, 2.45) is 0 Å². The van der Waals surface area contributed by atoms with Gasteiger partial charge in [-0.3, -0.25) is 0 Å². The summed E-state index contributed by atoms with van der Waals surface area (Å²) in [7, 11) is 1.62. The van der Waals surface area contributed by atoms with E-state index in [2.05, 4.69) is 4.98 Å². The Hall–Kier alpha value is -2.16. The lowest BCUT2D eigenvalue weighted by molar-refractivity contribution is 0.205. The van der Waals surface area contributed by atoms with Gasteiger partial charge in [-0.1, -0.05) is 17.7 Å². The van der Waals surface area contributed by atoms with Crippen molar-refractivity contribution in [1.29, 1.82) is 5.26 Å². The average molecular weight is 320 g/mol. The summed E-state index contributed by atoms with van der Waals surface area (Å²) in [5.74, 6) is 0.338. The van der Waals surface area contributed by atoms with Gasteiger partial charge in [0.2, 0.25) is 0 Å². The molecule has 114 valence electrons. The quantitative estimate of drug-likeness (QED) is 0.819. The van der Waals surface area contributed by atoms with Crippen molar-refractivity contribution in [1.82, 2.24) is 4.98 Å². The molecular formula is C16H15ClFN3O. The van der Waals surface area contributed by atoms with Crippen molar-refractivity contribution in [3.8, 4) is 6.07 Å². The maximum atomic E-state index is 13.1. The Kier molecular flexibility index (Phi) is 5.70. The van der Waals surface area contributed by atoms with Gasteiger partial charge in [0, 0.05) is 31.4 Å². The van der Waals surface area contributed by atoms with Gasteiger partial charge in [0.25, 0.3) is 0 Å². The first-order valence-corrected chi connectivity index (χ1v) is 7.06. The monoisotopic (exact) mass is 319 g/mol. The normalized spacial score (nSPS) is 10.3. The number of anilines is 1. The van der Waals surface area contributed by atoms with Crippen molar-refractivity contribution in [3.63, 3.8) is 0 Å². The van der Waals surface area contributed by atoms with E-state index in [0.29, 0.717) is 36.1 Å². The Labute approximate surface area is 133 Å². The van der Waals surface area contributed by atoms with Crippen LogP contribution in [0.15, 0.2) is 36.5 Å². The predicted molar refractivity (Wildman–Crippen MR) is 83.3 cm³/mol. The largest absolute Gasteiger partial charge is 0.383 e. The number of hydrogen-bond acceptors (Lipinski definition) is 4. The van der Waals surface area contributed by atoms with Gasteiger partial charge in [-0.05, 0) is 29.8 Å². The van der Waals surface area contributed by atoms with Crippen LogP contribution >= 0.6 is 11.6 Å². The number of hydrogen-bond donors (Lipinski definition) is 0. The minimum absolute atomic E-state index is 0.367. The number of aromatic nitrogens is 1. The van der Waals surface area contributed by atoms with E-state index in [0.717, 1.165) is 5.56 Å². The average Bonchev–Trinajstić information content (AvgIpc) is 2.53. The first-order chi connectivity index (χ1) is 10.6. The van der Waals surface area contributed by atoms with E-state index >= 15 is 0 Å². The molecule has 0 aliphatic carbocycles. The molecule has 0 saturated heterocycles. The summed E-state index contributed by atoms with van der Waals surface area (Å²) >= 11 is 6.08. The molecule has 1 aromatic heterocycles. The van der Waals surface area contributed by atoms with E-state index in [9.17, 15) is 4.39 Å². The molecule has 6 heteroatoms. The predicted octanol–water partition coefficient (Wildman–Crippen LogP) is 3.40. The van der Waals surface area contributed by atoms with E-state index in [1.54, 1.807) is 25.3 Å². The van der Waals surface area contributed by atoms with Gasteiger partial charge >= 0.3 is 0 Å². The smallest absolute Gasteiger partial charge is 0.128 e. The summed E-state index contributed by atoms with van der Waals surface area (Å²) < 4.78 is 18.2. The highest BCUT2D eigenvalue weighted by Crippen LogP contribution is 2.21. The molecular weight excluding hydrogens is 305 g/mol. The van der Waals surface area contributed by atoms with Crippen LogP contribution in [0.5, 0.6) is 0 Å². The van der Waals surface area contributed by atoms with Crippen molar-refractivity contribution in [2.45, 2.75) is 6.54 Å². The molecule has 0 atom stereocenters. The number of ether oxygens (including phenoxy) is 1. The van der Waals surface area contributed by atoms with Gasteiger partial charge in [0.1, 0.15) is 17.7 Å². The van der Waals surface area contributed by atoms with Gasteiger partial charge in [-0.2, -0.15) is 5.26 Å². The van der Waals surface area contributed by atoms with Crippen molar-refractivity contribution in [2.75, 3.05) is 25.2 Å². The van der Waals surface area contributed by atoms with Crippen LogP contribution in [0.1, 0.15) is 11.1 Å². The molecule has 0 saturated carbocycles. The third-order valence-electron chi connectivity index (χ3n) is 3.14. The molecule has 0 N–H and O–H groups in total. The van der Waals surface area contributed by atoms with E-state index in [1.165, 1.54) is 18.3 Å². The third-order valence-corrected chi connectivity index (χ3v) is 3.49. The fourth-order valence-electron chi connectivity index (χ4n) is 1.97. The molecule has 0 bridgehead atoms. The topological polar surface area (TPSA) is 49.1 Å². The van der Waals surface area contributed by atoms with Gasteiger partial charge in [-0.15, -0.1) is 0 Å². The van der Waals surface area contributed by atoms with Crippen LogP contribution in [0.25, 0.3) is 0 Å². The zero-order chi connectivity index (χ0) is 15.9. The van der Waals surface area contributed by atoms with Crippen LogP contribution in [0.2, 0.25) is 5.02 Å². The zero-order valence-corrected chi connectivity index (χ0v) is 12.8. The summed E-state index contributed by atoms with van der Waals surface area (Å²) in [4.78, 5) is 6.24. The lowest BCUT2D eigenvalue weighted by Gasteiger charge is -2.24. The van der Waals surface area contributed by atoms with Gasteiger partial charge < -0.3 is 9.64 Å². The molecule has 2 aromatic rings. The second kappa shape index (κ2) is 7.74. The SMILES string of the molecule is COCCN(Cc1ccc(F)cc1Cl)c1ccc(C#N)cn1. The number of benzene rings is 1. The molecule has 22 heavy (non-hydrogen) atoms. The van der Waals surface area contributed by atoms with Crippen LogP contribution in [-0.2, 0) is 11.3 Å². The number of nitrogens with zero attached hydrogens (tertiary/aromatic N) is 3. The van der Waals surface area contributed by atoms with E-state index < -0.39 is 0 Å². The minimum atomic E-state index is -0.367. The standard InChI is InChI=1S/C16H15ClFN3O/c1-22-7-6-21(16-5-2-12(9-19)10-20-16)11-13-3-4-14(18)8-15(13)17/h2-5,8,10H,6-7,11H2,1H3. The highest BCUT2D eigenvalue weighted by molar-refractivity contribution is 6.31. The minimum Gasteiger partial charge on any atom is -0.383 e. The zero-order valence-electron chi connectivity index (χ0n) is 12.1. The molecule has 1 aromatic carbocycles. The molecule has 2 rings (SSSR count). The Morgan fingerprint density at radius 3 is 2.77 bits per heavy atom. The number of methoxy groups -OCH3 is 1. The van der Waals surface area contributed by atoms with Crippen molar-refractivity contribution >= 4 is 17.4 Å². The Morgan fingerprint density at radius 1 is 1.36 bits per heavy atom. The molecule has 0 fully saturated rings. The Bertz CT molecular complexity index is 670. The number of nitriles is 1. The molecule has 4 nitrogen and oxygen atoms in total. The summed E-state index contributed by atoms with van der Waals surface area (Å²) in [6.07, 6.45) is 1.52. The third kappa shape index (κ3) is 4.17. The van der Waals surface area contributed by atoms with Crippen LogP contribution < -0.4 is 4.90 Å². The number of pyridine rings is 1. The Balaban J connectivity index is 2.23. The maximum Gasteiger partial charge on any atom is 0.128 e. The summed E-state index contributed by atoms with van der Waals surface area (Å²) in [5, 5.41) is 9.20. The van der Waals surface area contributed by atoms with Crippen LogP contribution in [-0.4, -0.2) is 25.2 Å². The summed E-state index contributed by atoms with van der Waals surface area (Å²) in [6.45, 7) is 1.59. The second-order valence-corrected chi connectivity index (χ2v) is 5.07. The lowest BCUT2D eigenvalue weighted by atomic mass is 10.2. The van der Waals surface area contributed by atoms with Gasteiger partial charge in [-0.25, -0.2) is 9.37 Å². The maximum absolute atomic E-state index is 13.1. The molecule has 0 radical (unpaired) electrons. The van der Waals surface area contributed by atoms with E-state index in [1.807, 2.05) is 11.0 Å². The highest BCUT2D eigenvalue weighted by Gasteiger charge is 2.11. The van der Waals surface area contributed by atoms with Crippen molar-refractivity contribution < 1.29 is 9.13 Å². The van der Waals surface area contributed by atoms with Crippen LogP contribution in [0.4, 0.5) is 10.2 Å². The van der Waals surface area contributed by atoms with Crippen LogP contribution in [0, 0.1) is 17.1 Å². The first-order valence-electron chi connectivity index (χ1n) is 6.68. The highest BCUT2D eigenvalue weighted by atomic mass is 35.5. The molecule has 0 aliphatic rings. The Morgan fingerprint density at radius 2 is 2.18 bits per heavy atom. The molecule has 0 aliphatic heterocycles. The van der Waals surface area contributed by atoms with E-state index in [-0.39, 0.29) is 5.82 Å². The number of rotatable bonds is 6. The lowest BCUT2D eigenvalue weighted by Crippen LogP contribution is -2.27. The molecule has 0 amide bonds. The van der Waals surface area contributed by atoms with E-state index in [4.69, 9.17) is 21.6 Å². The van der Waals surface area contributed by atoms with Crippen LogP contribution in [0.3, 0.4) is 0 Å². The fraction of sp³-hybridized carbons (Fsp3) is 0.250. The fourth-order valence-corrected chi connectivity index (χ4v) is 2.20. The molecule has 0 unspecified atom stereocenters. The summed E-state index contributed by atoms with van der Waals surface area (Å²) in [6, 6.07) is 9.83. The molecule has 1 heterocycles. The second-order valence-electron chi connectivity index (χ2n) is 4.67.